The predicted octanol–water partition coefficient (Wildman–Crippen LogP) is 4.27. The number of hydrogen-bond donors (Lipinski definition) is 2. The van der Waals surface area contributed by atoms with Gasteiger partial charge in [-0.1, -0.05) is 12.1 Å². The Kier molecular flexibility index (Phi) is 6.07. The van der Waals surface area contributed by atoms with Crippen molar-refractivity contribution in [3.63, 3.8) is 0 Å². The van der Waals surface area contributed by atoms with Crippen molar-refractivity contribution in [2.24, 2.45) is 11.5 Å². The van der Waals surface area contributed by atoms with Gasteiger partial charge >= 0.3 is 12.1 Å². The number of amides is 4. The first-order chi connectivity index (χ1) is 19.4. The highest BCUT2D eigenvalue weighted by Gasteiger charge is 2.35. The van der Waals surface area contributed by atoms with Crippen LogP contribution in [0, 0.1) is 0 Å². The van der Waals surface area contributed by atoms with Gasteiger partial charge in [0.15, 0.2) is 5.82 Å². The molecule has 2 saturated carbocycles. The number of ether oxygens (including phenoxy) is 1. The largest absolute Gasteiger partial charge is 0.371 e. The fourth-order valence-corrected chi connectivity index (χ4v) is 5.94. The first-order valence-corrected chi connectivity index (χ1v) is 14.1. The zero-order chi connectivity index (χ0) is 27.4. The summed E-state index contributed by atoms with van der Waals surface area (Å²) in [5, 5.41) is 0. The summed E-state index contributed by atoms with van der Waals surface area (Å²) >= 11 is 0. The standard InChI is InChI=1S/C30H33N7O3/c31-29(38)36(22-9-10-22)20-5-1-18(2-6-20)26-15-27(35-16-24-13-14-25(17-35)40-24)34-28(33-26)19-3-7-21(8-4-19)37(30(32)39)23-11-12-23/h1-8,15,22-25H,9-14,16-17H2,(H2,31,38)(H2,32,39). The van der Waals surface area contributed by atoms with Crippen LogP contribution < -0.4 is 26.2 Å². The van der Waals surface area contributed by atoms with Crippen LogP contribution in [0.1, 0.15) is 38.5 Å². The monoisotopic (exact) mass is 539 g/mol. The van der Waals surface area contributed by atoms with Crippen molar-refractivity contribution in [1.29, 1.82) is 0 Å². The summed E-state index contributed by atoms with van der Waals surface area (Å²) in [6.07, 6.45) is 6.48. The van der Waals surface area contributed by atoms with Crippen molar-refractivity contribution in [3.05, 3.63) is 54.6 Å². The average molecular weight is 540 g/mol. The van der Waals surface area contributed by atoms with Crippen LogP contribution in [-0.2, 0) is 4.74 Å². The molecule has 2 saturated heterocycles. The molecular formula is C30H33N7O3. The van der Waals surface area contributed by atoms with Crippen LogP contribution in [0.2, 0.25) is 0 Å². The molecule has 3 aromatic rings. The molecule has 2 unspecified atom stereocenters. The number of morpholine rings is 1. The highest BCUT2D eigenvalue weighted by Crippen LogP contribution is 2.36. The van der Waals surface area contributed by atoms with E-state index < -0.39 is 12.1 Å². The molecule has 206 valence electrons. The van der Waals surface area contributed by atoms with Crippen LogP contribution in [0.15, 0.2) is 54.6 Å². The van der Waals surface area contributed by atoms with Gasteiger partial charge in [-0.3, -0.25) is 9.80 Å². The van der Waals surface area contributed by atoms with Crippen molar-refractivity contribution in [2.75, 3.05) is 27.8 Å². The molecule has 40 heavy (non-hydrogen) atoms. The molecule has 0 spiro atoms. The molecule has 2 bridgehead atoms. The number of anilines is 3. The maximum atomic E-state index is 12.0. The summed E-state index contributed by atoms with van der Waals surface area (Å²) in [6.45, 7) is 1.60. The summed E-state index contributed by atoms with van der Waals surface area (Å²) in [5.74, 6) is 1.47. The minimum atomic E-state index is -0.433. The molecule has 4 aliphatic rings. The predicted molar refractivity (Wildman–Crippen MR) is 153 cm³/mol. The Morgan fingerprint density at radius 1 is 0.725 bits per heavy atom. The van der Waals surface area contributed by atoms with Gasteiger partial charge < -0.3 is 21.1 Å². The van der Waals surface area contributed by atoms with Crippen molar-refractivity contribution in [1.82, 2.24) is 9.97 Å². The number of hydrogen-bond acceptors (Lipinski definition) is 6. The number of nitrogens with zero attached hydrogens (tertiary/aromatic N) is 5. The average Bonchev–Trinajstić information content (AvgIpc) is 3.89. The Balaban J connectivity index is 1.24. The minimum absolute atomic E-state index is 0.180. The van der Waals surface area contributed by atoms with Crippen LogP contribution in [-0.4, -0.2) is 59.4 Å². The molecule has 0 radical (unpaired) electrons. The van der Waals surface area contributed by atoms with Gasteiger partial charge in [-0.25, -0.2) is 19.6 Å². The second-order valence-electron chi connectivity index (χ2n) is 11.3. The van der Waals surface area contributed by atoms with Crippen LogP contribution in [0.3, 0.4) is 0 Å². The highest BCUT2D eigenvalue weighted by atomic mass is 16.5. The van der Waals surface area contributed by atoms with Gasteiger partial charge in [0.2, 0.25) is 0 Å². The minimum Gasteiger partial charge on any atom is -0.371 e. The summed E-state index contributed by atoms with van der Waals surface area (Å²) in [4.78, 5) is 39.7. The Morgan fingerprint density at radius 3 is 1.70 bits per heavy atom. The Labute approximate surface area is 232 Å². The van der Waals surface area contributed by atoms with Crippen molar-refractivity contribution >= 4 is 29.3 Å². The summed E-state index contributed by atoms with van der Waals surface area (Å²) in [7, 11) is 0. The number of benzene rings is 2. The van der Waals surface area contributed by atoms with Crippen LogP contribution in [0.25, 0.3) is 22.6 Å². The molecule has 2 aliphatic heterocycles. The molecule has 10 heteroatoms. The first kappa shape index (κ1) is 24.8. The van der Waals surface area contributed by atoms with Crippen LogP contribution in [0.4, 0.5) is 26.8 Å². The van der Waals surface area contributed by atoms with Gasteiger partial charge in [-0.05, 0) is 74.9 Å². The van der Waals surface area contributed by atoms with Gasteiger partial charge in [0.05, 0.1) is 17.9 Å². The smallest absolute Gasteiger partial charge is 0.319 e. The van der Waals surface area contributed by atoms with Crippen molar-refractivity contribution in [2.45, 2.75) is 62.8 Å². The molecule has 2 aliphatic carbocycles. The Bertz CT molecular complexity index is 1330. The normalized spacial score (nSPS) is 21.8. The molecule has 4 amide bonds. The number of primary amides is 2. The molecule has 10 nitrogen and oxygen atoms in total. The number of aromatic nitrogens is 2. The maximum absolute atomic E-state index is 12.0. The van der Waals surface area contributed by atoms with E-state index in [4.69, 9.17) is 26.2 Å². The van der Waals surface area contributed by atoms with Crippen molar-refractivity contribution in [3.8, 4) is 22.6 Å². The van der Waals surface area contributed by atoms with E-state index in [1.54, 1.807) is 9.80 Å². The SMILES string of the molecule is NC(=O)N(c1ccc(-c2cc(N3CC4CCC(C3)O4)nc(-c3ccc(N(C(N)=O)C4CC4)cc3)n2)cc1)C1CC1. The second-order valence-corrected chi connectivity index (χ2v) is 11.3. The number of carbonyl (C=O) groups excluding carboxylic acids is 2. The lowest BCUT2D eigenvalue weighted by Gasteiger charge is -2.33. The van der Waals surface area contributed by atoms with E-state index in [1.807, 2.05) is 54.6 Å². The third-order valence-corrected chi connectivity index (χ3v) is 8.22. The number of fused-ring (bicyclic) bond motifs is 2. The number of urea groups is 2. The third kappa shape index (κ3) is 4.83. The lowest BCUT2D eigenvalue weighted by Crippen LogP contribution is -2.43. The van der Waals surface area contributed by atoms with Crippen molar-refractivity contribution < 1.29 is 14.3 Å². The van der Waals surface area contributed by atoms with E-state index in [0.717, 1.165) is 85.6 Å². The lowest BCUT2D eigenvalue weighted by atomic mass is 10.1. The van der Waals surface area contributed by atoms with E-state index in [2.05, 4.69) is 4.90 Å². The van der Waals surface area contributed by atoms with E-state index in [-0.39, 0.29) is 24.3 Å². The van der Waals surface area contributed by atoms with Crippen LogP contribution in [0.5, 0.6) is 0 Å². The third-order valence-electron chi connectivity index (χ3n) is 8.22. The van der Waals surface area contributed by atoms with Crippen LogP contribution >= 0.6 is 0 Å². The molecule has 1 aromatic heterocycles. The van der Waals surface area contributed by atoms with Gasteiger partial charge in [0, 0.05) is 53.7 Å². The summed E-state index contributed by atoms with van der Waals surface area (Å²) in [6, 6.07) is 17.1. The van der Waals surface area contributed by atoms with E-state index in [0.29, 0.717) is 5.82 Å². The zero-order valence-electron chi connectivity index (χ0n) is 22.3. The Hall–Kier alpha value is -4.18. The molecule has 2 aromatic carbocycles. The van der Waals surface area contributed by atoms with E-state index in [9.17, 15) is 9.59 Å². The van der Waals surface area contributed by atoms with Gasteiger partial charge in [0.1, 0.15) is 5.82 Å². The quantitative estimate of drug-likeness (QED) is 0.461. The fraction of sp³-hybridized carbons (Fsp3) is 0.400. The van der Waals surface area contributed by atoms with Gasteiger partial charge in [-0.15, -0.1) is 0 Å². The van der Waals surface area contributed by atoms with Gasteiger partial charge in [0.25, 0.3) is 0 Å². The lowest BCUT2D eigenvalue weighted by molar-refractivity contribution is 0.0302. The molecule has 2 atom stereocenters. The molecule has 4 N–H and O–H groups in total. The summed E-state index contributed by atoms with van der Waals surface area (Å²) < 4.78 is 6.07. The topological polar surface area (TPSA) is 131 Å². The molecular weight excluding hydrogens is 506 g/mol. The number of carbonyl (C=O) groups is 2. The van der Waals surface area contributed by atoms with E-state index >= 15 is 0 Å². The number of nitrogens with two attached hydrogens (primary N) is 2. The molecule has 3 heterocycles. The fourth-order valence-electron chi connectivity index (χ4n) is 5.94. The summed E-state index contributed by atoms with van der Waals surface area (Å²) in [5.41, 5.74) is 15.5. The Morgan fingerprint density at radius 2 is 1.23 bits per heavy atom. The second kappa shape index (κ2) is 9.78. The zero-order valence-corrected chi connectivity index (χ0v) is 22.3. The molecule has 7 rings (SSSR count). The van der Waals surface area contributed by atoms with Gasteiger partial charge in [-0.2, -0.15) is 0 Å². The molecule has 4 fully saturated rings. The maximum Gasteiger partial charge on any atom is 0.319 e. The highest BCUT2D eigenvalue weighted by molar-refractivity contribution is 5.93. The van der Waals surface area contributed by atoms with E-state index in [1.165, 1.54) is 0 Å². The first-order valence-electron chi connectivity index (χ1n) is 14.1. The number of rotatable bonds is 7.